The molecule has 0 unspecified atom stereocenters. The topological polar surface area (TPSA) is 26.3 Å². The van der Waals surface area contributed by atoms with Crippen LogP contribution in [0.25, 0.3) is 0 Å². The minimum atomic E-state index is 0.124. The summed E-state index contributed by atoms with van der Waals surface area (Å²) >= 11 is 3.12. The summed E-state index contributed by atoms with van der Waals surface area (Å²) in [5, 5.41) is 0.456. The molecule has 0 saturated heterocycles. The second-order valence-electron chi connectivity index (χ2n) is 2.28. The maximum atomic E-state index is 10.9. The number of carbonyl (C=O) groups is 1. The van der Waals surface area contributed by atoms with Crippen molar-refractivity contribution in [3.8, 4) is 0 Å². The molecule has 0 aromatic carbocycles. The molecule has 0 amide bonds. The first-order chi connectivity index (χ1) is 4.72. The molecule has 0 rings (SSSR count). The van der Waals surface area contributed by atoms with Gasteiger partial charge in [-0.3, -0.25) is 4.79 Å². The lowest BCUT2D eigenvalue weighted by Crippen LogP contribution is -2.13. The van der Waals surface area contributed by atoms with Crippen LogP contribution in [-0.2, 0) is 9.53 Å². The summed E-state index contributed by atoms with van der Waals surface area (Å²) in [6.45, 7) is 2.59. The molecule has 0 aromatic heterocycles. The van der Waals surface area contributed by atoms with Gasteiger partial charge in [0.25, 0.3) is 0 Å². The Bertz CT molecular complexity index is 104. The molecular formula is C7H13BrO2. The molecule has 10 heavy (non-hydrogen) atoms. The van der Waals surface area contributed by atoms with Crippen LogP contribution in [0.5, 0.6) is 0 Å². The molecule has 0 spiro atoms. The Morgan fingerprint density at radius 3 is 2.70 bits per heavy atom. The van der Waals surface area contributed by atoms with Gasteiger partial charge in [0.15, 0.2) is 0 Å². The smallest absolute Gasteiger partial charge is 0.146 e. The van der Waals surface area contributed by atoms with Crippen LogP contribution in [0.4, 0.5) is 0 Å². The van der Waals surface area contributed by atoms with E-state index in [2.05, 4.69) is 15.9 Å². The molecule has 0 N–H and O–H groups in total. The van der Waals surface area contributed by atoms with Gasteiger partial charge in [0.2, 0.25) is 0 Å². The molecule has 0 radical (unpaired) electrons. The third-order valence-corrected chi connectivity index (χ3v) is 1.99. The summed E-state index contributed by atoms with van der Waals surface area (Å²) in [5.41, 5.74) is 0. The molecule has 2 nitrogen and oxygen atoms in total. The normalized spacial score (nSPS) is 13.1. The Kier molecular flexibility index (Phi) is 5.93. The Morgan fingerprint density at radius 1 is 1.70 bits per heavy atom. The quantitative estimate of drug-likeness (QED) is 0.643. The number of hydrogen-bond donors (Lipinski definition) is 0. The van der Waals surface area contributed by atoms with E-state index in [0.717, 1.165) is 6.42 Å². The standard InChI is InChI=1S/C7H13BrO2/c1-6(3-4-10-2)7(9)5-8/h6H,3-5H2,1-2H3/t6-/m0/s1. The molecule has 0 fully saturated rings. The second kappa shape index (κ2) is 5.86. The van der Waals surface area contributed by atoms with Gasteiger partial charge >= 0.3 is 0 Å². The van der Waals surface area contributed by atoms with Gasteiger partial charge in [-0.2, -0.15) is 0 Å². The highest BCUT2D eigenvalue weighted by molar-refractivity contribution is 9.09. The van der Waals surface area contributed by atoms with Crippen molar-refractivity contribution < 1.29 is 9.53 Å². The number of hydrogen-bond acceptors (Lipinski definition) is 2. The van der Waals surface area contributed by atoms with Gasteiger partial charge in [0.1, 0.15) is 5.78 Å². The van der Waals surface area contributed by atoms with Crippen molar-refractivity contribution in [3.05, 3.63) is 0 Å². The van der Waals surface area contributed by atoms with Crippen LogP contribution in [0.3, 0.4) is 0 Å². The van der Waals surface area contributed by atoms with E-state index < -0.39 is 0 Å². The zero-order valence-electron chi connectivity index (χ0n) is 6.39. The summed E-state index contributed by atoms with van der Waals surface area (Å²) in [7, 11) is 1.64. The molecular weight excluding hydrogens is 196 g/mol. The minimum Gasteiger partial charge on any atom is -0.385 e. The van der Waals surface area contributed by atoms with E-state index in [4.69, 9.17) is 4.74 Å². The third-order valence-electron chi connectivity index (χ3n) is 1.44. The molecule has 3 heteroatoms. The van der Waals surface area contributed by atoms with Gasteiger partial charge in [-0.15, -0.1) is 0 Å². The Hall–Kier alpha value is 0.110. The first-order valence-electron chi connectivity index (χ1n) is 3.30. The van der Waals surface area contributed by atoms with Gasteiger partial charge in [0.05, 0.1) is 5.33 Å². The zero-order valence-corrected chi connectivity index (χ0v) is 7.98. The average molecular weight is 209 g/mol. The molecule has 60 valence electrons. The minimum absolute atomic E-state index is 0.124. The fourth-order valence-electron chi connectivity index (χ4n) is 0.587. The molecule has 0 aliphatic heterocycles. The summed E-state index contributed by atoms with van der Waals surface area (Å²) in [6.07, 6.45) is 0.820. The van der Waals surface area contributed by atoms with Gasteiger partial charge in [0, 0.05) is 19.6 Å². The van der Waals surface area contributed by atoms with E-state index in [9.17, 15) is 4.79 Å². The van der Waals surface area contributed by atoms with Gasteiger partial charge in [-0.1, -0.05) is 22.9 Å². The zero-order chi connectivity index (χ0) is 7.98. The third kappa shape index (κ3) is 4.01. The van der Waals surface area contributed by atoms with E-state index in [1.165, 1.54) is 0 Å². The number of ketones is 1. The lowest BCUT2D eigenvalue weighted by Gasteiger charge is -2.05. The van der Waals surface area contributed by atoms with Gasteiger partial charge < -0.3 is 4.74 Å². The van der Waals surface area contributed by atoms with Gasteiger partial charge in [-0.05, 0) is 6.42 Å². The van der Waals surface area contributed by atoms with E-state index in [0.29, 0.717) is 11.9 Å². The number of alkyl halides is 1. The predicted octanol–water partition coefficient (Wildman–Crippen LogP) is 1.62. The number of Topliss-reactive ketones (excluding diaryl/α,β-unsaturated/α-hetero) is 1. The van der Waals surface area contributed by atoms with Crippen molar-refractivity contribution in [1.82, 2.24) is 0 Å². The highest BCUT2D eigenvalue weighted by atomic mass is 79.9. The monoisotopic (exact) mass is 208 g/mol. The van der Waals surface area contributed by atoms with Crippen LogP contribution in [0.2, 0.25) is 0 Å². The lowest BCUT2D eigenvalue weighted by atomic mass is 10.1. The number of ether oxygens (including phenoxy) is 1. The van der Waals surface area contributed by atoms with Crippen molar-refractivity contribution in [2.45, 2.75) is 13.3 Å². The van der Waals surface area contributed by atoms with Gasteiger partial charge in [-0.25, -0.2) is 0 Å². The molecule has 0 aliphatic rings. The van der Waals surface area contributed by atoms with E-state index in [1.807, 2.05) is 6.92 Å². The van der Waals surface area contributed by atoms with Crippen LogP contribution in [-0.4, -0.2) is 24.8 Å². The fourth-order valence-corrected chi connectivity index (χ4v) is 1.14. The van der Waals surface area contributed by atoms with Crippen LogP contribution in [0.15, 0.2) is 0 Å². The van der Waals surface area contributed by atoms with Crippen molar-refractivity contribution in [2.24, 2.45) is 5.92 Å². The molecule has 0 aromatic rings. The Balaban J connectivity index is 3.41. The first-order valence-corrected chi connectivity index (χ1v) is 4.42. The largest absolute Gasteiger partial charge is 0.385 e. The van der Waals surface area contributed by atoms with E-state index in [-0.39, 0.29) is 11.7 Å². The molecule has 0 heterocycles. The second-order valence-corrected chi connectivity index (χ2v) is 2.84. The van der Waals surface area contributed by atoms with Crippen LogP contribution in [0, 0.1) is 5.92 Å². The average Bonchev–Trinajstić information content (AvgIpc) is 1.98. The Labute approximate surface area is 70.1 Å². The SMILES string of the molecule is COCC[C@H](C)C(=O)CBr. The molecule has 1 atom stereocenters. The van der Waals surface area contributed by atoms with Crippen LogP contribution >= 0.6 is 15.9 Å². The summed E-state index contributed by atoms with van der Waals surface area (Å²) in [6, 6.07) is 0. The lowest BCUT2D eigenvalue weighted by molar-refractivity contribution is -0.120. The summed E-state index contributed by atoms with van der Waals surface area (Å²) in [5.74, 6) is 0.372. The summed E-state index contributed by atoms with van der Waals surface area (Å²) in [4.78, 5) is 10.9. The van der Waals surface area contributed by atoms with Crippen molar-refractivity contribution in [1.29, 1.82) is 0 Å². The maximum Gasteiger partial charge on any atom is 0.146 e. The van der Waals surface area contributed by atoms with Crippen LogP contribution in [0.1, 0.15) is 13.3 Å². The number of methoxy groups -OCH3 is 1. The number of halogens is 1. The summed E-state index contributed by atoms with van der Waals surface area (Å²) < 4.78 is 4.84. The first kappa shape index (κ1) is 10.1. The number of rotatable bonds is 5. The van der Waals surface area contributed by atoms with E-state index >= 15 is 0 Å². The van der Waals surface area contributed by atoms with E-state index in [1.54, 1.807) is 7.11 Å². The Morgan fingerprint density at radius 2 is 2.30 bits per heavy atom. The van der Waals surface area contributed by atoms with Crippen LogP contribution < -0.4 is 0 Å². The highest BCUT2D eigenvalue weighted by Crippen LogP contribution is 2.04. The molecule has 0 bridgehead atoms. The molecule has 0 aliphatic carbocycles. The molecule has 0 saturated carbocycles. The maximum absolute atomic E-state index is 10.9. The highest BCUT2D eigenvalue weighted by Gasteiger charge is 2.09. The number of carbonyl (C=O) groups excluding carboxylic acids is 1. The van der Waals surface area contributed by atoms with Crippen molar-refractivity contribution in [3.63, 3.8) is 0 Å². The predicted molar refractivity (Wildman–Crippen MR) is 44.5 cm³/mol. The van der Waals surface area contributed by atoms with Crippen molar-refractivity contribution >= 4 is 21.7 Å². The van der Waals surface area contributed by atoms with Crippen molar-refractivity contribution in [2.75, 3.05) is 19.0 Å². The fraction of sp³-hybridized carbons (Fsp3) is 0.857.